The molecule has 2 aromatic rings. The number of nitrogens with one attached hydrogen (secondary N) is 2. The number of carbonyl (C=O) groups is 1. The van der Waals surface area contributed by atoms with Crippen LogP contribution in [0.4, 0.5) is 0 Å². The summed E-state index contributed by atoms with van der Waals surface area (Å²) in [4.78, 5) is 16.2. The van der Waals surface area contributed by atoms with Crippen LogP contribution < -0.4 is 5.32 Å². The molecule has 0 aromatic carbocycles. The Bertz CT molecular complexity index is 541. The van der Waals surface area contributed by atoms with Gasteiger partial charge in [0.05, 0.1) is 17.8 Å². The van der Waals surface area contributed by atoms with Crippen molar-refractivity contribution in [3.63, 3.8) is 0 Å². The first-order valence-corrected chi connectivity index (χ1v) is 6.91. The molecular formula is C13H15BrN4O. The highest BCUT2D eigenvalue weighted by molar-refractivity contribution is 9.10. The van der Waals surface area contributed by atoms with Crippen molar-refractivity contribution in [3.05, 3.63) is 46.5 Å². The summed E-state index contributed by atoms with van der Waals surface area (Å²) in [5.74, 6) is -0.125. The molecule has 1 unspecified atom stereocenters. The zero-order valence-electron chi connectivity index (χ0n) is 10.6. The number of pyridine rings is 1. The molecule has 0 bridgehead atoms. The largest absolute Gasteiger partial charge is 0.345 e. The Morgan fingerprint density at radius 2 is 2.42 bits per heavy atom. The topological polar surface area (TPSA) is 70.7 Å². The average Bonchev–Trinajstić information content (AvgIpc) is 2.92. The van der Waals surface area contributed by atoms with Gasteiger partial charge in [-0.1, -0.05) is 13.3 Å². The maximum Gasteiger partial charge on any atom is 0.254 e. The zero-order valence-corrected chi connectivity index (χ0v) is 12.1. The van der Waals surface area contributed by atoms with Gasteiger partial charge < -0.3 is 5.32 Å². The number of H-pyrrole nitrogens is 1. The van der Waals surface area contributed by atoms with E-state index in [-0.39, 0.29) is 11.9 Å². The molecule has 2 rings (SSSR count). The van der Waals surface area contributed by atoms with Crippen LogP contribution in [0.25, 0.3) is 0 Å². The Balaban J connectivity index is 2.14. The third-order valence-corrected chi connectivity index (χ3v) is 3.23. The number of nitrogens with zero attached hydrogens (tertiary/aromatic N) is 2. The van der Waals surface area contributed by atoms with Crippen molar-refractivity contribution in [1.29, 1.82) is 0 Å². The summed E-state index contributed by atoms with van der Waals surface area (Å²) in [7, 11) is 0. The summed E-state index contributed by atoms with van der Waals surface area (Å²) in [5, 5.41) is 9.43. The highest BCUT2D eigenvalue weighted by atomic mass is 79.9. The zero-order chi connectivity index (χ0) is 13.7. The van der Waals surface area contributed by atoms with Gasteiger partial charge >= 0.3 is 0 Å². The van der Waals surface area contributed by atoms with E-state index in [1.165, 1.54) is 6.20 Å². The van der Waals surface area contributed by atoms with Crippen LogP contribution in [-0.4, -0.2) is 21.1 Å². The quantitative estimate of drug-likeness (QED) is 0.831. The number of carbonyl (C=O) groups excluding carboxylic acids is 1. The van der Waals surface area contributed by atoms with Gasteiger partial charge in [-0.05, 0) is 40.0 Å². The van der Waals surface area contributed by atoms with Crippen molar-refractivity contribution in [2.45, 2.75) is 25.8 Å². The normalized spacial score (nSPS) is 12.1. The standard InChI is InChI=1S/C13H15BrN4O/c1-2-3-11(9-4-5-15-12(14)6-9)18-13(19)10-7-16-17-8-10/h4-8,11H,2-3H2,1H3,(H,16,17)(H,18,19). The minimum absolute atomic E-state index is 0.0216. The van der Waals surface area contributed by atoms with Crippen LogP contribution in [-0.2, 0) is 0 Å². The van der Waals surface area contributed by atoms with Crippen molar-refractivity contribution in [1.82, 2.24) is 20.5 Å². The molecule has 0 spiro atoms. The second-order valence-electron chi connectivity index (χ2n) is 4.21. The third-order valence-electron chi connectivity index (χ3n) is 2.80. The Kier molecular flexibility index (Phi) is 4.68. The van der Waals surface area contributed by atoms with Crippen molar-refractivity contribution in [3.8, 4) is 0 Å². The first kappa shape index (κ1) is 13.7. The fourth-order valence-corrected chi connectivity index (χ4v) is 2.24. The molecule has 0 fully saturated rings. The Labute approximate surface area is 120 Å². The van der Waals surface area contributed by atoms with Crippen molar-refractivity contribution in [2.75, 3.05) is 0 Å². The van der Waals surface area contributed by atoms with Gasteiger partial charge in [0.25, 0.3) is 5.91 Å². The van der Waals surface area contributed by atoms with E-state index in [9.17, 15) is 4.79 Å². The third kappa shape index (κ3) is 3.64. The maximum absolute atomic E-state index is 12.1. The van der Waals surface area contributed by atoms with E-state index in [0.717, 1.165) is 23.0 Å². The number of hydrogen-bond acceptors (Lipinski definition) is 3. The molecule has 0 aliphatic rings. The number of rotatable bonds is 5. The first-order chi connectivity index (χ1) is 9.20. The summed E-state index contributed by atoms with van der Waals surface area (Å²) in [6.45, 7) is 2.09. The molecular weight excluding hydrogens is 308 g/mol. The molecule has 0 radical (unpaired) electrons. The molecule has 0 saturated carbocycles. The van der Waals surface area contributed by atoms with E-state index in [4.69, 9.17) is 0 Å². The molecule has 0 saturated heterocycles. The Morgan fingerprint density at radius 1 is 1.58 bits per heavy atom. The van der Waals surface area contributed by atoms with Crippen LogP contribution in [0.2, 0.25) is 0 Å². The minimum Gasteiger partial charge on any atom is -0.345 e. The van der Waals surface area contributed by atoms with E-state index in [1.807, 2.05) is 12.1 Å². The summed E-state index contributed by atoms with van der Waals surface area (Å²) >= 11 is 3.35. The van der Waals surface area contributed by atoms with Crippen LogP contribution in [0.15, 0.2) is 35.3 Å². The number of aromatic amines is 1. The highest BCUT2D eigenvalue weighted by Gasteiger charge is 2.16. The molecule has 1 atom stereocenters. The van der Waals surface area contributed by atoms with Crippen LogP contribution in [0.1, 0.15) is 41.7 Å². The molecule has 0 aliphatic carbocycles. The van der Waals surface area contributed by atoms with Crippen LogP contribution in [0.5, 0.6) is 0 Å². The average molecular weight is 323 g/mol. The van der Waals surface area contributed by atoms with Gasteiger partial charge in [-0.2, -0.15) is 5.10 Å². The van der Waals surface area contributed by atoms with Gasteiger partial charge in [-0.25, -0.2) is 4.98 Å². The number of amides is 1. The summed E-state index contributed by atoms with van der Waals surface area (Å²) in [6.07, 6.45) is 6.68. The minimum atomic E-state index is -0.125. The predicted octanol–water partition coefficient (Wildman–Crippen LogP) is 2.84. The van der Waals surface area contributed by atoms with E-state index < -0.39 is 0 Å². The van der Waals surface area contributed by atoms with Crippen molar-refractivity contribution in [2.24, 2.45) is 0 Å². The molecule has 2 N–H and O–H groups in total. The second-order valence-corrected chi connectivity index (χ2v) is 5.03. The number of aromatic nitrogens is 3. The molecule has 2 aromatic heterocycles. The van der Waals surface area contributed by atoms with Gasteiger partial charge in [0.1, 0.15) is 4.60 Å². The SMILES string of the molecule is CCCC(NC(=O)c1cn[nH]c1)c1ccnc(Br)c1. The summed E-state index contributed by atoms with van der Waals surface area (Å²) in [5.41, 5.74) is 1.58. The van der Waals surface area contributed by atoms with Gasteiger partial charge in [-0.15, -0.1) is 0 Å². The maximum atomic E-state index is 12.1. The van der Waals surface area contributed by atoms with Gasteiger partial charge in [0.2, 0.25) is 0 Å². The van der Waals surface area contributed by atoms with Crippen LogP contribution in [0.3, 0.4) is 0 Å². The van der Waals surface area contributed by atoms with Crippen LogP contribution >= 0.6 is 15.9 Å². The molecule has 6 heteroatoms. The molecule has 19 heavy (non-hydrogen) atoms. The highest BCUT2D eigenvalue weighted by Crippen LogP contribution is 2.21. The molecule has 0 aliphatic heterocycles. The van der Waals surface area contributed by atoms with E-state index in [1.54, 1.807) is 12.4 Å². The van der Waals surface area contributed by atoms with Gasteiger partial charge in [0.15, 0.2) is 0 Å². The Morgan fingerprint density at radius 3 is 3.05 bits per heavy atom. The van der Waals surface area contributed by atoms with Crippen molar-refractivity contribution >= 4 is 21.8 Å². The second kappa shape index (κ2) is 6.47. The van der Waals surface area contributed by atoms with Gasteiger partial charge in [0, 0.05) is 12.4 Å². The summed E-state index contributed by atoms with van der Waals surface area (Å²) in [6, 6.07) is 3.82. The lowest BCUT2D eigenvalue weighted by Gasteiger charge is -2.18. The van der Waals surface area contributed by atoms with Gasteiger partial charge in [-0.3, -0.25) is 9.89 Å². The molecule has 100 valence electrons. The molecule has 1 amide bonds. The van der Waals surface area contributed by atoms with Crippen LogP contribution in [0, 0.1) is 0 Å². The Hall–Kier alpha value is -1.69. The lowest BCUT2D eigenvalue weighted by molar-refractivity contribution is 0.0934. The van der Waals surface area contributed by atoms with E-state index >= 15 is 0 Å². The number of hydrogen-bond donors (Lipinski definition) is 2. The fourth-order valence-electron chi connectivity index (χ4n) is 1.86. The molecule has 5 nitrogen and oxygen atoms in total. The van der Waals surface area contributed by atoms with E-state index in [2.05, 4.69) is 43.4 Å². The van der Waals surface area contributed by atoms with Crippen molar-refractivity contribution < 1.29 is 4.79 Å². The lowest BCUT2D eigenvalue weighted by atomic mass is 10.0. The summed E-state index contributed by atoms with van der Waals surface area (Å²) < 4.78 is 0.767. The van der Waals surface area contributed by atoms with E-state index in [0.29, 0.717) is 5.56 Å². The first-order valence-electron chi connectivity index (χ1n) is 6.11. The lowest BCUT2D eigenvalue weighted by Crippen LogP contribution is -2.28. The number of halogens is 1. The monoisotopic (exact) mass is 322 g/mol. The predicted molar refractivity (Wildman–Crippen MR) is 75.6 cm³/mol. The molecule has 2 heterocycles. The smallest absolute Gasteiger partial charge is 0.254 e. The fraction of sp³-hybridized carbons (Fsp3) is 0.308.